The van der Waals surface area contributed by atoms with Gasteiger partial charge >= 0.3 is 0 Å². The molecular formula is C14H22N2. The molecule has 16 heavy (non-hydrogen) atoms. The second kappa shape index (κ2) is 3.92. The van der Waals surface area contributed by atoms with Crippen LogP contribution in [0.3, 0.4) is 0 Å². The molecule has 0 saturated heterocycles. The van der Waals surface area contributed by atoms with Crippen molar-refractivity contribution in [3.8, 4) is 0 Å². The molecule has 3 rings (SSSR count). The summed E-state index contributed by atoms with van der Waals surface area (Å²) in [6.07, 6.45) is 8.81. The zero-order chi connectivity index (χ0) is 11.1. The number of hydrogen-bond donors (Lipinski definition) is 1. The molecule has 88 valence electrons. The highest BCUT2D eigenvalue weighted by molar-refractivity contribution is 5.28. The third-order valence-corrected chi connectivity index (χ3v) is 4.35. The molecule has 2 atom stereocenters. The molecule has 2 unspecified atom stereocenters. The second-order valence-corrected chi connectivity index (χ2v) is 5.68. The molecule has 2 aliphatic carbocycles. The molecule has 1 saturated carbocycles. The molecule has 0 bridgehead atoms. The van der Waals surface area contributed by atoms with Crippen LogP contribution in [-0.2, 0) is 13.0 Å². The van der Waals surface area contributed by atoms with Crippen LogP contribution in [0.1, 0.15) is 49.9 Å². The zero-order valence-corrected chi connectivity index (χ0v) is 10.2. The molecule has 0 amide bonds. The van der Waals surface area contributed by atoms with Crippen molar-refractivity contribution in [3.05, 3.63) is 23.5 Å². The van der Waals surface area contributed by atoms with Gasteiger partial charge in [0.05, 0.1) is 0 Å². The molecule has 0 spiro atoms. The predicted molar refractivity (Wildman–Crippen MR) is 66.2 cm³/mol. The maximum Gasteiger partial charge on any atom is 0.0312 e. The Morgan fingerprint density at radius 2 is 2.25 bits per heavy atom. The Morgan fingerprint density at radius 1 is 1.44 bits per heavy atom. The van der Waals surface area contributed by atoms with E-state index < -0.39 is 0 Å². The van der Waals surface area contributed by atoms with Crippen molar-refractivity contribution in [2.45, 2.75) is 51.6 Å². The molecule has 0 aromatic carbocycles. The Labute approximate surface area is 97.8 Å². The third-order valence-electron chi connectivity index (χ3n) is 4.35. The molecule has 2 N–H and O–H groups in total. The van der Waals surface area contributed by atoms with Crippen LogP contribution in [0, 0.1) is 11.8 Å². The topological polar surface area (TPSA) is 30.9 Å². The summed E-state index contributed by atoms with van der Waals surface area (Å²) in [5.41, 5.74) is 9.08. The van der Waals surface area contributed by atoms with Crippen LogP contribution in [0.15, 0.2) is 12.3 Å². The fourth-order valence-electron chi connectivity index (χ4n) is 3.09. The fraction of sp³-hybridized carbons (Fsp3) is 0.714. The van der Waals surface area contributed by atoms with Gasteiger partial charge in [0.1, 0.15) is 0 Å². The van der Waals surface area contributed by atoms with E-state index in [4.69, 9.17) is 5.73 Å². The fourth-order valence-corrected chi connectivity index (χ4v) is 3.09. The second-order valence-electron chi connectivity index (χ2n) is 5.68. The summed E-state index contributed by atoms with van der Waals surface area (Å²) >= 11 is 0. The number of fused-ring (bicyclic) bond motifs is 1. The molecule has 1 fully saturated rings. The summed E-state index contributed by atoms with van der Waals surface area (Å²) in [7, 11) is 0. The van der Waals surface area contributed by atoms with Crippen molar-refractivity contribution in [3.63, 3.8) is 0 Å². The van der Waals surface area contributed by atoms with Gasteiger partial charge in [0, 0.05) is 24.5 Å². The van der Waals surface area contributed by atoms with Crippen molar-refractivity contribution in [2.24, 2.45) is 17.6 Å². The SMILES string of the molecule is CC(Cn1ccc2c1CCCC2N)C1CC1. The Hall–Kier alpha value is -0.760. The predicted octanol–water partition coefficient (Wildman–Crippen LogP) is 2.87. The first-order valence-corrected chi connectivity index (χ1v) is 6.69. The Morgan fingerprint density at radius 3 is 3.00 bits per heavy atom. The van der Waals surface area contributed by atoms with Crippen LogP contribution in [-0.4, -0.2) is 4.57 Å². The average Bonchev–Trinajstić information content (AvgIpc) is 3.04. The first-order valence-electron chi connectivity index (χ1n) is 6.69. The number of rotatable bonds is 3. The standard InChI is InChI=1S/C14H22N2/c1-10(11-5-6-11)9-16-8-7-12-13(15)3-2-4-14(12)16/h7-8,10-11,13H,2-6,9,15H2,1H3. The molecule has 2 nitrogen and oxygen atoms in total. The molecule has 2 aliphatic rings. The van der Waals surface area contributed by atoms with E-state index in [0.29, 0.717) is 6.04 Å². The van der Waals surface area contributed by atoms with Gasteiger partial charge in [-0.15, -0.1) is 0 Å². The first kappa shape index (κ1) is 10.4. The lowest BCUT2D eigenvalue weighted by atomic mass is 9.93. The zero-order valence-electron chi connectivity index (χ0n) is 10.2. The molecule has 1 aromatic heterocycles. The largest absolute Gasteiger partial charge is 0.351 e. The molecule has 0 radical (unpaired) electrons. The van der Waals surface area contributed by atoms with Crippen molar-refractivity contribution >= 4 is 0 Å². The van der Waals surface area contributed by atoms with E-state index in [1.807, 2.05) is 0 Å². The monoisotopic (exact) mass is 218 g/mol. The number of hydrogen-bond acceptors (Lipinski definition) is 1. The smallest absolute Gasteiger partial charge is 0.0312 e. The van der Waals surface area contributed by atoms with E-state index in [1.54, 1.807) is 0 Å². The van der Waals surface area contributed by atoms with E-state index in [1.165, 1.54) is 43.5 Å². The van der Waals surface area contributed by atoms with Crippen LogP contribution in [0.2, 0.25) is 0 Å². The lowest BCUT2D eigenvalue weighted by Gasteiger charge is -2.22. The summed E-state index contributed by atoms with van der Waals surface area (Å²) in [5, 5.41) is 0. The van der Waals surface area contributed by atoms with Gasteiger partial charge in [0.25, 0.3) is 0 Å². The van der Waals surface area contributed by atoms with Crippen molar-refractivity contribution in [1.29, 1.82) is 0 Å². The van der Waals surface area contributed by atoms with Crippen LogP contribution in [0.4, 0.5) is 0 Å². The minimum atomic E-state index is 0.293. The van der Waals surface area contributed by atoms with Crippen molar-refractivity contribution in [2.75, 3.05) is 0 Å². The minimum absolute atomic E-state index is 0.293. The summed E-state index contributed by atoms with van der Waals surface area (Å²) in [6.45, 7) is 3.60. The molecule has 0 aliphatic heterocycles. The van der Waals surface area contributed by atoms with Crippen LogP contribution >= 0.6 is 0 Å². The molecule has 2 heteroatoms. The molecule has 1 heterocycles. The van der Waals surface area contributed by atoms with Crippen LogP contribution < -0.4 is 5.73 Å². The van der Waals surface area contributed by atoms with E-state index in [-0.39, 0.29) is 0 Å². The van der Waals surface area contributed by atoms with Gasteiger partial charge in [-0.3, -0.25) is 0 Å². The number of aromatic nitrogens is 1. The average molecular weight is 218 g/mol. The van der Waals surface area contributed by atoms with Gasteiger partial charge in [0.2, 0.25) is 0 Å². The van der Waals surface area contributed by atoms with Gasteiger partial charge in [-0.1, -0.05) is 6.92 Å². The highest BCUT2D eigenvalue weighted by Gasteiger charge is 2.29. The highest BCUT2D eigenvalue weighted by atomic mass is 15.0. The highest BCUT2D eigenvalue weighted by Crippen LogP contribution is 2.38. The number of nitrogens with zero attached hydrogens (tertiary/aromatic N) is 1. The maximum atomic E-state index is 6.15. The summed E-state index contributed by atoms with van der Waals surface area (Å²) in [4.78, 5) is 0. The normalized spacial score (nSPS) is 26.5. The minimum Gasteiger partial charge on any atom is -0.351 e. The van der Waals surface area contributed by atoms with Gasteiger partial charge in [-0.2, -0.15) is 0 Å². The van der Waals surface area contributed by atoms with Gasteiger partial charge in [-0.25, -0.2) is 0 Å². The Kier molecular flexibility index (Phi) is 2.55. The molecular weight excluding hydrogens is 196 g/mol. The first-order chi connectivity index (χ1) is 7.75. The Bertz CT molecular complexity index is 376. The maximum absolute atomic E-state index is 6.15. The summed E-state index contributed by atoms with van der Waals surface area (Å²) in [6, 6.07) is 2.54. The molecule has 1 aromatic rings. The van der Waals surface area contributed by atoms with Gasteiger partial charge in [0.15, 0.2) is 0 Å². The lowest BCUT2D eigenvalue weighted by molar-refractivity contribution is 0.416. The van der Waals surface area contributed by atoms with Crippen molar-refractivity contribution in [1.82, 2.24) is 4.57 Å². The summed E-state index contributed by atoms with van der Waals surface area (Å²) in [5.74, 6) is 1.84. The summed E-state index contributed by atoms with van der Waals surface area (Å²) < 4.78 is 2.47. The van der Waals surface area contributed by atoms with Crippen LogP contribution in [0.25, 0.3) is 0 Å². The van der Waals surface area contributed by atoms with E-state index in [9.17, 15) is 0 Å². The van der Waals surface area contributed by atoms with E-state index >= 15 is 0 Å². The third kappa shape index (κ3) is 1.80. The quantitative estimate of drug-likeness (QED) is 0.831. The van der Waals surface area contributed by atoms with E-state index in [2.05, 4.69) is 23.8 Å². The van der Waals surface area contributed by atoms with Crippen molar-refractivity contribution < 1.29 is 0 Å². The van der Waals surface area contributed by atoms with E-state index in [0.717, 1.165) is 18.3 Å². The van der Waals surface area contributed by atoms with Gasteiger partial charge < -0.3 is 10.3 Å². The Balaban J connectivity index is 1.79. The van der Waals surface area contributed by atoms with Crippen LogP contribution in [0.5, 0.6) is 0 Å². The van der Waals surface area contributed by atoms with Gasteiger partial charge in [-0.05, 0) is 55.6 Å². The number of nitrogens with two attached hydrogens (primary N) is 1. The lowest BCUT2D eigenvalue weighted by Crippen LogP contribution is -2.19.